The lowest BCUT2D eigenvalue weighted by molar-refractivity contribution is 0.668. The van der Waals surface area contributed by atoms with Gasteiger partial charge in [-0.1, -0.05) is 78.9 Å². The summed E-state index contributed by atoms with van der Waals surface area (Å²) in [7, 11) is 0. The molecular formula is C36H20N2O2. The zero-order valence-corrected chi connectivity index (χ0v) is 21.3. The Kier molecular flexibility index (Phi) is 3.65. The van der Waals surface area contributed by atoms with E-state index in [0.29, 0.717) is 0 Å². The van der Waals surface area contributed by atoms with Crippen LogP contribution >= 0.6 is 0 Å². The Morgan fingerprint density at radius 2 is 0.875 bits per heavy atom. The van der Waals surface area contributed by atoms with Crippen LogP contribution in [0, 0.1) is 0 Å². The Morgan fingerprint density at radius 3 is 1.68 bits per heavy atom. The van der Waals surface area contributed by atoms with Crippen LogP contribution in [0.4, 0.5) is 17.1 Å². The van der Waals surface area contributed by atoms with Gasteiger partial charge >= 0.3 is 0 Å². The SMILES string of the molecule is c1ccc2c(c1)N(c1cccc3c1oc1ccccc13)c1cccc3c4ccc5c6ccccc6oc5c4n-2c13. The fourth-order valence-corrected chi connectivity index (χ4v) is 6.87. The molecule has 4 nitrogen and oxygen atoms in total. The zero-order chi connectivity index (χ0) is 25.9. The lowest BCUT2D eigenvalue weighted by atomic mass is 10.1. The molecule has 6 aromatic carbocycles. The highest BCUT2D eigenvalue weighted by molar-refractivity contribution is 6.25. The Labute approximate surface area is 227 Å². The molecule has 4 heteroatoms. The highest BCUT2D eigenvalue weighted by atomic mass is 16.3. The molecule has 1 aliphatic heterocycles. The monoisotopic (exact) mass is 512 g/mol. The van der Waals surface area contributed by atoms with Gasteiger partial charge in [0, 0.05) is 32.3 Å². The fraction of sp³-hybridized carbons (Fsp3) is 0. The van der Waals surface area contributed by atoms with Crippen LogP contribution in [-0.4, -0.2) is 4.57 Å². The van der Waals surface area contributed by atoms with E-state index >= 15 is 0 Å². The molecular weight excluding hydrogens is 492 g/mol. The number of rotatable bonds is 1. The van der Waals surface area contributed by atoms with Crippen LogP contribution in [0.15, 0.2) is 130 Å². The molecule has 1 aliphatic rings. The van der Waals surface area contributed by atoms with Gasteiger partial charge in [-0.3, -0.25) is 0 Å². The summed E-state index contributed by atoms with van der Waals surface area (Å²) in [4.78, 5) is 2.36. The minimum atomic E-state index is 0.889. The highest BCUT2D eigenvalue weighted by Crippen LogP contribution is 2.52. The Morgan fingerprint density at radius 1 is 0.350 bits per heavy atom. The molecule has 0 N–H and O–H groups in total. The largest absolute Gasteiger partial charge is 0.454 e. The van der Waals surface area contributed by atoms with E-state index in [0.717, 1.165) is 77.7 Å². The first-order valence-corrected chi connectivity index (χ1v) is 13.5. The molecule has 0 spiro atoms. The number of para-hydroxylation sites is 6. The van der Waals surface area contributed by atoms with Crippen LogP contribution in [-0.2, 0) is 0 Å². The predicted molar refractivity (Wildman–Crippen MR) is 164 cm³/mol. The molecule has 9 aromatic rings. The standard InChI is InChI=1S/C36H20N2O2/c1-5-17-31-21(9-1)25-12-8-16-30(35(25)39-31)37-27-13-3-4-14-28(27)38-33-23(11-7-15-29(33)37)24-19-20-26-22-10-2-6-18-32(22)40-36(26)34(24)38/h1-20H. The van der Waals surface area contributed by atoms with Crippen LogP contribution in [0.25, 0.3) is 71.4 Å². The van der Waals surface area contributed by atoms with Crippen LogP contribution in [0.3, 0.4) is 0 Å². The molecule has 0 atom stereocenters. The fourth-order valence-electron chi connectivity index (χ4n) is 6.87. The highest BCUT2D eigenvalue weighted by Gasteiger charge is 2.31. The van der Waals surface area contributed by atoms with E-state index < -0.39 is 0 Å². The van der Waals surface area contributed by atoms with Crippen LogP contribution < -0.4 is 4.90 Å². The van der Waals surface area contributed by atoms with Crippen LogP contribution in [0.1, 0.15) is 0 Å². The maximum absolute atomic E-state index is 6.57. The molecule has 10 rings (SSSR count). The normalized spacial score (nSPS) is 12.9. The lowest BCUT2D eigenvalue weighted by Crippen LogP contribution is -2.18. The summed E-state index contributed by atoms with van der Waals surface area (Å²) in [6.07, 6.45) is 0. The number of hydrogen-bond acceptors (Lipinski definition) is 3. The van der Waals surface area contributed by atoms with Crippen molar-refractivity contribution in [3.8, 4) is 5.69 Å². The van der Waals surface area contributed by atoms with Crippen molar-refractivity contribution in [3.05, 3.63) is 121 Å². The molecule has 0 fully saturated rings. The molecule has 0 radical (unpaired) electrons. The van der Waals surface area contributed by atoms with Crippen LogP contribution in [0.2, 0.25) is 0 Å². The molecule has 0 saturated carbocycles. The van der Waals surface area contributed by atoms with Gasteiger partial charge in [-0.15, -0.1) is 0 Å². The van der Waals surface area contributed by atoms with E-state index in [9.17, 15) is 0 Å². The third-order valence-electron chi connectivity index (χ3n) is 8.50. The predicted octanol–water partition coefficient (Wildman–Crippen LogP) is 10.4. The van der Waals surface area contributed by atoms with E-state index in [4.69, 9.17) is 8.83 Å². The van der Waals surface area contributed by atoms with E-state index in [2.05, 4.69) is 113 Å². The quantitative estimate of drug-likeness (QED) is 0.219. The molecule has 0 aliphatic carbocycles. The minimum absolute atomic E-state index is 0.889. The van der Waals surface area contributed by atoms with Gasteiger partial charge in [-0.25, -0.2) is 0 Å². The number of benzene rings is 6. The third kappa shape index (κ3) is 2.38. The number of fused-ring (bicyclic) bond motifs is 12. The maximum atomic E-state index is 6.57. The summed E-state index contributed by atoms with van der Waals surface area (Å²) in [6, 6.07) is 42.7. The second-order valence-electron chi connectivity index (χ2n) is 10.5. The molecule has 3 aromatic heterocycles. The molecule has 0 saturated heterocycles. The number of nitrogens with zero attached hydrogens (tertiary/aromatic N) is 2. The molecule has 4 heterocycles. The zero-order valence-electron chi connectivity index (χ0n) is 21.3. The first kappa shape index (κ1) is 20.5. The minimum Gasteiger partial charge on any atom is -0.454 e. The van der Waals surface area contributed by atoms with Gasteiger partial charge in [-0.2, -0.15) is 0 Å². The van der Waals surface area contributed by atoms with Crippen molar-refractivity contribution in [2.24, 2.45) is 0 Å². The van der Waals surface area contributed by atoms with E-state index in [1.807, 2.05) is 18.2 Å². The van der Waals surface area contributed by atoms with Crippen molar-refractivity contribution < 1.29 is 8.83 Å². The second kappa shape index (κ2) is 7.13. The molecule has 0 unspecified atom stereocenters. The van der Waals surface area contributed by atoms with Gasteiger partial charge in [-0.05, 0) is 42.5 Å². The first-order valence-electron chi connectivity index (χ1n) is 13.5. The van der Waals surface area contributed by atoms with E-state index in [1.165, 1.54) is 10.8 Å². The number of furan rings is 2. The second-order valence-corrected chi connectivity index (χ2v) is 10.5. The average molecular weight is 513 g/mol. The molecule has 0 amide bonds. The van der Waals surface area contributed by atoms with Gasteiger partial charge in [0.05, 0.1) is 33.8 Å². The van der Waals surface area contributed by atoms with Crippen molar-refractivity contribution >= 4 is 82.7 Å². The summed E-state index contributed by atoms with van der Waals surface area (Å²) < 4.78 is 15.5. The first-order chi connectivity index (χ1) is 19.9. The Hall–Kier alpha value is -5.48. The summed E-state index contributed by atoms with van der Waals surface area (Å²) in [5, 5.41) is 6.90. The van der Waals surface area contributed by atoms with E-state index in [-0.39, 0.29) is 0 Å². The van der Waals surface area contributed by atoms with Crippen molar-refractivity contribution in [3.63, 3.8) is 0 Å². The molecule has 0 bridgehead atoms. The Bertz CT molecular complexity index is 2510. The van der Waals surface area contributed by atoms with Gasteiger partial charge < -0.3 is 18.3 Å². The summed E-state index contributed by atoms with van der Waals surface area (Å²) >= 11 is 0. The number of hydrogen-bond donors (Lipinski definition) is 0. The number of anilines is 3. The smallest absolute Gasteiger partial charge is 0.160 e. The topological polar surface area (TPSA) is 34.5 Å². The maximum Gasteiger partial charge on any atom is 0.160 e. The molecule has 40 heavy (non-hydrogen) atoms. The Balaban J connectivity index is 1.39. The summed E-state index contributed by atoms with van der Waals surface area (Å²) in [5.74, 6) is 0. The van der Waals surface area contributed by atoms with Crippen molar-refractivity contribution in [1.29, 1.82) is 0 Å². The van der Waals surface area contributed by atoms with Crippen molar-refractivity contribution in [2.45, 2.75) is 0 Å². The van der Waals surface area contributed by atoms with E-state index in [1.54, 1.807) is 0 Å². The molecule has 186 valence electrons. The van der Waals surface area contributed by atoms with Crippen LogP contribution in [0.5, 0.6) is 0 Å². The average Bonchev–Trinajstić information content (AvgIpc) is 3.68. The third-order valence-corrected chi connectivity index (χ3v) is 8.50. The number of aromatic nitrogens is 1. The van der Waals surface area contributed by atoms with Gasteiger partial charge in [0.25, 0.3) is 0 Å². The lowest BCUT2D eigenvalue weighted by Gasteiger charge is -2.32. The van der Waals surface area contributed by atoms with Gasteiger partial charge in [0.1, 0.15) is 11.2 Å². The van der Waals surface area contributed by atoms with Gasteiger partial charge in [0.15, 0.2) is 11.2 Å². The van der Waals surface area contributed by atoms with Gasteiger partial charge in [0.2, 0.25) is 0 Å². The van der Waals surface area contributed by atoms with Crippen molar-refractivity contribution in [1.82, 2.24) is 4.57 Å². The summed E-state index contributed by atoms with van der Waals surface area (Å²) in [5.41, 5.74) is 10.2. The summed E-state index contributed by atoms with van der Waals surface area (Å²) in [6.45, 7) is 0. The van der Waals surface area contributed by atoms with Crippen molar-refractivity contribution in [2.75, 3.05) is 4.90 Å².